The minimum absolute atomic E-state index is 0.575. The SMILES string of the molecule is C1CCC2C(C1)CCC2O[SiH2]OC1CCC2CCCCC21.CCC. The molecule has 140 valence electrons. The molecule has 0 saturated heterocycles. The number of hydrogen-bond donors (Lipinski definition) is 0. The van der Waals surface area contributed by atoms with Crippen molar-refractivity contribution in [1.82, 2.24) is 0 Å². The molecule has 4 aliphatic rings. The molecule has 0 aromatic heterocycles. The van der Waals surface area contributed by atoms with Gasteiger partial charge in [0.2, 0.25) is 0 Å². The maximum Gasteiger partial charge on any atom is 0.304 e. The second-order valence-corrected chi connectivity index (χ2v) is 9.71. The number of hydrogen-bond acceptors (Lipinski definition) is 2. The van der Waals surface area contributed by atoms with Gasteiger partial charge in [0.15, 0.2) is 0 Å². The van der Waals surface area contributed by atoms with Gasteiger partial charge in [-0.2, -0.15) is 0 Å². The summed E-state index contributed by atoms with van der Waals surface area (Å²) in [4.78, 5) is 0. The summed E-state index contributed by atoms with van der Waals surface area (Å²) in [5, 5.41) is 0. The lowest BCUT2D eigenvalue weighted by molar-refractivity contribution is 0.0571. The summed E-state index contributed by atoms with van der Waals surface area (Å²) < 4.78 is 12.7. The molecule has 0 N–H and O–H groups in total. The van der Waals surface area contributed by atoms with Crippen molar-refractivity contribution >= 4 is 10.0 Å². The van der Waals surface area contributed by atoms with Crippen molar-refractivity contribution in [2.45, 2.75) is 110 Å². The Bertz CT molecular complexity index is 330. The Hall–Kier alpha value is 0.137. The normalized spacial score (nSPS) is 41.8. The van der Waals surface area contributed by atoms with E-state index < -0.39 is 10.0 Å². The zero-order valence-electron chi connectivity index (χ0n) is 16.2. The van der Waals surface area contributed by atoms with Gasteiger partial charge in [-0.05, 0) is 62.2 Å². The van der Waals surface area contributed by atoms with E-state index in [1.807, 2.05) is 0 Å². The Morgan fingerprint density at radius 2 is 1.04 bits per heavy atom. The van der Waals surface area contributed by atoms with Gasteiger partial charge in [0, 0.05) is 12.2 Å². The molecule has 4 rings (SSSR count). The molecular formula is C21H40O2Si. The average Bonchev–Trinajstić information content (AvgIpc) is 3.21. The fourth-order valence-electron chi connectivity index (χ4n) is 5.98. The van der Waals surface area contributed by atoms with E-state index in [2.05, 4.69) is 13.8 Å². The lowest BCUT2D eigenvalue weighted by Gasteiger charge is -2.31. The third kappa shape index (κ3) is 4.65. The maximum absolute atomic E-state index is 6.33. The minimum Gasteiger partial charge on any atom is -0.395 e. The van der Waals surface area contributed by atoms with Crippen molar-refractivity contribution in [2.75, 3.05) is 0 Å². The van der Waals surface area contributed by atoms with Crippen LogP contribution in [0, 0.1) is 23.7 Å². The Morgan fingerprint density at radius 3 is 1.50 bits per heavy atom. The molecule has 6 atom stereocenters. The van der Waals surface area contributed by atoms with E-state index in [0.29, 0.717) is 12.2 Å². The standard InChI is InChI=1S/C18H32O2Si.C3H8/c1-3-7-15-13(5-1)9-11-17(15)19-21-20-18-12-10-14-6-2-4-8-16(14)18;1-3-2/h13-18H,1-12,21H2;3H2,1-2H3. The highest BCUT2D eigenvalue weighted by Gasteiger charge is 2.40. The summed E-state index contributed by atoms with van der Waals surface area (Å²) in [6.45, 7) is 4.25. The monoisotopic (exact) mass is 352 g/mol. The molecule has 4 fully saturated rings. The van der Waals surface area contributed by atoms with E-state index in [9.17, 15) is 0 Å². The molecule has 0 spiro atoms. The van der Waals surface area contributed by atoms with E-state index in [1.54, 1.807) is 0 Å². The molecule has 24 heavy (non-hydrogen) atoms. The van der Waals surface area contributed by atoms with Crippen LogP contribution >= 0.6 is 0 Å². The molecule has 2 nitrogen and oxygen atoms in total. The molecule has 0 aliphatic heterocycles. The van der Waals surface area contributed by atoms with Gasteiger partial charge in [-0.25, -0.2) is 0 Å². The molecule has 0 aromatic carbocycles. The summed E-state index contributed by atoms with van der Waals surface area (Å²) in [7, 11) is -0.742. The van der Waals surface area contributed by atoms with Gasteiger partial charge in [0.05, 0.1) is 0 Å². The number of rotatable bonds is 4. The van der Waals surface area contributed by atoms with Crippen LogP contribution in [0.2, 0.25) is 0 Å². The molecule has 0 bridgehead atoms. The van der Waals surface area contributed by atoms with Crippen LogP contribution < -0.4 is 0 Å². The molecular weight excluding hydrogens is 312 g/mol. The summed E-state index contributed by atoms with van der Waals surface area (Å²) in [5.74, 6) is 3.76. The van der Waals surface area contributed by atoms with Gasteiger partial charge in [0.25, 0.3) is 0 Å². The molecule has 3 heteroatoms. The number of fused-ring (bicyclic) bond motifs is 2. The maximum atomic E-state index is 6.33. The van der Waals surface area contributed by atoms with E-state index in [4.69, 9.17) is 8.85 Å². The van der Waals surface area contributed by atoms with Crippen molar-refractivity contribution in [3.8, 4) is 0 Å². The third-order valence-electron chi connectivity index (χ3n) is 7.10. The molecule has 6 unspecified atom stereocenters. The highest BCUT2D eigenvalue weighted by atomic mass is 28.3. The fraction of sp³-hybridized carbons (Fsp3) is 1.00. The predicted octanol–water partition coefficient (Wildman–Crippen LogP) is 5.37. The first kappa shape index (κ1) is 18.9. The average molecular weight is 353 g/mol. The van der Waals surface area contributed by atoms with Crippen molar-refractivity contribution in [3.63, 3.8) is 0 Å². The van der Waals surface area contributed by atoms with E-state index in [-0.39, 0.29) is 0 Å². The first-order valence-corrected chi connectivity index (χ1v) is 12.2. The van der Waals surface area contributed by atoms with Gasteiger partial charge in [0.1, 0.15) is 0 Å². The summed E-state index contributed by atoms with van der Waals surface area (Å²) in [6, 6.07) is 0. The van der Waals surface area contributed by atoms with Crippen LogP contribution in [0.15, 0.2) is 0 Å². The van der Waals surface area contributed by atoms with Crippen molar-refractivity contribution in [2.24, 2.45) is 23.7 Å². The zero-order chi connectivity index (χ0) is 16.8. The summed E-state index contributed by atoms with van der Waals surface area (Å²) >= 11 is 0. The van der Waals surface area contributed by atoms with Gasteiger partial charge in [-0.15, -0.1) is 0 Å². The predicted molar refractivity (Wildman–Crippen MR) is 104 cm³/mol. The van der Waals surface area contributed by atoms with Crippen molar-refractivity contribution < 1.29 is 8.85 Å². The minimum atomic E-state index is -0.742. The van der Waals surface area contributed by atoms with E-state index >= 15 is 0 Å². The topological polar surface area (TPSA) is 18.5 Å². The van der Waals surface area contributed by atoms with E-state index in [1.165, 1.54) is 83.5 Å². The Labute approximate surface area is 152 Å². The van der Waals surface area contributed by atoms with Crippen LogP contribution in [0.3, 0.4) is 0 Å². The summed E-state index contributed by atoms with van der Waals surface area (Å²) in [5.41, 5.74) is 0. The summed E-state index contributed by atoms with van der Waals surface area (Å²) in [6.07, 6.45) is 19.5. The Balaban J connectivity index is 0.000000526. The van der Waals surface area contributed by atoms with Crippen LogP contribution in [-0.4, -0.2) is 22.2 Å². The van der Waals surface area contributed by atoms with Gasteiger partial charge in [-0.3, -0.25) is 0 Å². The molecule has 4 saturated carbocycles. The molecule has 0 aromatic rings. The highest BCUT2D eigenvalue weighted by molar-refractivity contribution is 6.18. The molecule has 0 heterocycles. The Morgan fingerprint density at radius 1 is 0.625 bits per heavy atom. The first-order chi connectivity index (χ1) is 11.8. The quantitative estimate of drug-likeness (QED) is 0.633. The smallest absolute Gasteiger partial charge is 0.304 e. The highest BCUT2D eigenvalue weighted by Crippen LogP contribution is 2.45. The van der Waals surface area contributed by atoms with Gasteiger partial charge < -0.3 is 8.85 Å². The van der Waals surface area contributed by atoms with Crippen LogP contribution in [0.25, 0.3) is 0 Å². The van der Waals surface area contributed by atoms with Crippen molar-refractivity contribution in [3.05, 3.63) is 0 Å². The van der Waals surface area contributed by atoms with Crippen LogP contribution in [0.1, 0.15) is 97.3 Å². The second-order valence-electron chi connectivity index (χ2n) is 8.81. The second kappa shape index (κ2) is 9.73. The molecule has 0 radical (unpaired) electrons. The molecule has 0 amide bonds. The van der Waals surface area contributed by atoms with Crippen LogP contribution in [0.5, 0.6) is 0 Å². The lowest BCUT2D eigenvalue weighted by Crippen LogP contribution is -2.31. The van der Waals surface area contributed by atoms with Crippen molar-refractivity contribution in [1.29, 1.82) is 0 Å². The van der Waals surface area contributed by atoms with Crippen LogP contribution in [0.4, 0.5) is 0 Å². The first-order valence-electron chi connectivity index (χ1n) is 11.1. The zero-order valence-corrected chi connectivity index (χ0v) is 17.6. The van der Waals surface area contributed by atoms with Gasteiger partial charge >= 0.3 is 10.0 Å². The third-order valence-corrected chi connectivity index (χ3v) is 8.23. The largest absolute Gasteiger partial charge is 0.395 e. The fourth-order valence-corrected chi connectivity index (χ4v) is 7.24. The van der Waals surface area contributed by atoms with Gasteiger partial charge in [-0.1, -0.05) is 58.8 Å². The van der Waals surface area contributed by atoms with E-state index in [0.717, 1.165) is 23.7 Å². The van der Waals surface area contributed by atoms with Crippen LogP contribution in [-0.2, 0) is 8.85 Å². The Kier molecular flexibility index (Phi) is 7.67. The lowest BCUT2D eigenvalue weighted by atomic mass is 9.81. The molecule has 4 aliphatic carbocycles.